The van der Waals surface area contributed by atoms with Gasteiger partial charge in [0.2, 0.25) is 0 Å². The molecule has 1 unspecified atom stereocenters. The number of likely N-dealkylation sites (tertiary alicyclic amines) is 2. The number of rotatable bonds is 6. The normalized spacial score (nSPS) is 25.2. The summed E-state index contributed by atoms with van der Waals surface area (Å²) in [7, 11) is 1.73. The van der Waals surface area contributed by atoms with Crippen LogP contribution < -0.4 is 0 Å². The molecule has 1 aliphatic carbocycles. The van der Waals surface area contributed by atoms with Crippen LogP contribution >= 0.6 is 0 Å². The first-order valence-corrected chi connectivity index (χ1v) is 11.2. The van der Waals surface area contributed by atoms with E-state index in [0.29, 0.717) is 25.4 Å². The summed E-state index contributed by atoms with van der Waals surface area (Å²) in [5.41, 5.74) is 1.79. The third-order valence-electron chi connectivity index (χ3n) is 7.29. The average Bonchev–Trinajstić information content (AvgIpc) is 2.76. The van der Waals surface area contributed by atoms with E-state index < -0.39 is 0 Å². The number of pyridine rings is 1. The molecule has 4 rings (SSSR count). The molecular weight excluding hydrogens is 366 g/mol. The first-order valence-electron chi connectivity index (χ1n) is 11.2. The van der Waals surface area contributed by atoms with Crippen LogP contribution in [0.1, 0.15) is 61.0 Å². The minimum atomic E-state index is 0.130. The van der Waals surface area contributed by atoms with Crippen molar-refractivity contribution in [3.63, 3.8) is 0 Å². The molecule has 2 aliphatic heterocycles. The molecule has 1 spiro atoms. The minimum absolute atomic E-state index is 0.130. The van der Waals surface area contributed by atoms with Crippen LogP contribution in [0, 0.1) is 6.92 Å². The number of amides is 1. The Morgan fingerprint density at radius 3 is 2.66 bits per heavy atom. The maximum Gasteiger partial charge on any atom is 0.255 e. The predicted molar refractivity (Wildman–Crippen MR) is 112 cm³/mol. The molecule has 0 aromatic carbocycles. The Bertz CT molecular complexity index is 696. The quantitative estimate of drug-likeness (QED) is 0.686. The smallest absolute Gasteiger partial charge is 0.255 e. The van der Waals surface area contributed by atoms with Gasteiger partial charge in [0.1, 0.15) is 0 Å². The largest absolute Gasteiger partial charge is 0.382 e. The Labute approximate surface area is 174 Å². The molecule has 160 valence electrons. The molecular formula is C23H35N3O3. The number of aromatic nitrogens is 1. The number of piperidine rings is 1. The first kappa shape index (κ1) is 20.8. The van der Waals surface area contributed by atoms with Crippen molar-refractivity contribution in [2.45, 2.75) is 69.6 Å². The van der Waals surface area contributed by atoms with Crippen molar-refractivity contribution in [2.75, 3.05) is 40.0 Å². The van der Waals surface area contributed by atoms with Crippen molar-refractivity contribution in [2.24, 2.45) is 0 Å². The summed E-state index contributed by atoms with van der Waals surface area (Å²) in [4.78, 5) is 21.9. The third-order valence-corrected chi connectivity index (χ3v) is 7.29. The SMILES string of the molecule is COCCOC1CN(C2CCN(C(=O)c3cccnc3C)CC2)C12CCCCC2. The van der Waals surface area contributed by atoms with E-state index in [2.05, 4.69) is 9.88 Å². The van der Waals surface area contributed by atoms with Crippen molar-refractivity contribution in [1.82, 2.24) is 14.8 Å². The highest BCUT2D eigenvalue weighted by Gasteiger charge is 2.56. The molecule has 1 aromatic rings. The zero-order chi connectivity index (χ0) is 20.3. The van der Waals surface area contributed by atoms with Crippen molar-refractivity contribution < 1.29 is 14.3 Å². The van der Waals surface area contributed by atoms with Gasteiger partial charge in [-0.1, -0.05) is 19.3 Å². The second-order valence-electron chi connectivity index (χ2n) is 8.83. The van der Waals surface area contributed by atoms with Gasteiger partial charge in [-0.3, -0.25) is 14.7 Å². The van der Waals surface area contributed by atoms with Crippen LogP contribution in [0.5, 0.6) is 0 Å². The first-order chi connectivity index (χ1) is 14.2. The fourth-order valence-corrected chi connectivity index (χ4v) is 5.63. The van der Waals surface area contributed by atoms with Gasteiger partial charge in [-0.2, -0.15) is 0 Å². The van der Waals surface area contributed by atoms with E-state index in [1.165, 1.54) is 32.1 Å². The van der Waals surface area contributed by atoms with Crippen molar-refractivity contribution >= 4 is 5.91 Å². The van der Waals surface area contributed by atoms with E-state index in [1.54, 1.807) is 13.3 Å². The van der Waals surface area contributed by atoms with E-state index in [4.69, 9.17) is 9.47 Å². The zero-order valence-corrected chi connectivity index (χ0v) is 17.9. The summed E-state index contributed by atoms with van der Waals surface area (Å²) >= 11 is 0. The molecule has 1 atom stereocenters. The van der Waals surface area contributed by atoms with Gasteiger partial charge in [0, 0.05) is 50.2 Å². The molecule has 0 bridgehead atoms. The topological polar surface area (TPSA) is 54.9 Å². The van der Waals surface area contributed by atoms with Crippen molar-refractivity contribution in [1.29, 1.82) is 0 Å². The van der Waals surface area contributed by atoms with Crippen LogP contribution in [-0.4, -0.2) is 78.3 Å². The van der Waals surface area contributed by atoms with Crippen LogP contribution in [0.2, 0.25) is 0 Å². The second kappa shape index (κ2) is 9.11. The molecule has 1 saturated carbocycles. The highest BCUT2D eigenvalue weighted by molar-refractivity contribution is 5.95. The monoisotopic (exact) mass is 401 g/mol. The molecule has 3 aliphatic rings. The minimum Gasteiger partial charge on any atom is -0.382 e. The fourth-order valence-electron chi connectivity index (χ4n) is 5.63. The Morgan fingerprint density at radius 1 is 1.21 bits per heavy atom. The van der Waals surface area contributed by atoms with E-state index in [0.717, 1.165) is 43.7 Å². The molecule has 3 heterocycles. The Hall–Kier alpha value is -1.50. The summed E-state index contributed by atoms with van der Waals surface area (Å²) in [6.07, 6.45) is 10.6. The number of carbonyl (C=O) groups excluding carboxylic acids is 1. The molecule has 3 fully saturated rings. The highest BCUT2D eigenvalue weighted by Crippen LogP contribution is 2.47. The summed E-state index contributed by atoms with van der Waals surface area (Å²) < 4.78 is 11.4. The summed E-state index contributed by atoms with van der Waals surface area (Å²) in [5.74, 6) is 0.130. The predicted octanol–water partition coefficient (Wildman–Crippen LogP) is 3.04. The Kier molecular flexibility index (Phi) is 6.52. The highest BCUT2D eigenvalue weighted by atomic mass is 16.5. The van der Waals surface area contributed by atoms with Gasteiger partial charge in [0.25, 0.3) is 5.91 Å². The number of nitrogens with zero attached hydrogens (tertiary/aromatic N) is 3. The second-order valence-corrected chi connectivity index (χ2v) is 8.83. The fraction of sp³-hybridized carbons (Fsp3) is 0.739. The van der Waals surface area contributed by atoms with Crippen LogP contribution in [0.4, 0.5) is 0 Å². The molecule has 6 nitrogen and oxygen atoms in total. The number of hydrogen-bond donors (Lipinski definition) is 0. The van der Waals surface area contributed by atoms with E-state index in [-0.39, 0.29) is 11.4 Å². The van der Waals surface area contributed by atoms with Gasteiger partial charge >= 0.3 is 0 Å². The molecule has 6 heteroatoms. The Balaban J connectivity index is 1.36. The number of aryl methyl sites for hydroxylation is 1. The average molecular weight is 402 g/mol. The van der Waals surface area contributed by atoms with Crippen LogP contribution in [0.3, 0.4) is 0 Å². The maximum atomic E-state index is 12.9. The van der Waals surface area contributed by atoms with Gasteiger partial charge in [0.15, 0.2) is 0 Å². The standard InChI is InChI=1S/C23H35N3O3/c1-18-20(7-6-12-24-18)22(27)25-13-8-19(9-14-25)26-17-21(29-16-15-28-2)23(26)10-4-3-5-11-23/h6-7,12,19,21H,3-5,8-11,13-17H2,1-2H3. The van der Waals surface area contributed by atoms with Gasteiger partial charge in [-0.05, 0) is 44.7 Å². The lowest BCUT2D eigenvalue weighted by Crippen LogP contribution is -2.75. The lowest BCUT2D eigenvalue weighted by atomic mass is 9.69. The lowest BCUT2D eigenvalue weighted by molar-refractivity contribution is -0.203. The molecule has 1 amide bonds. The summed E-state index contributed by atoms with van der Waals surface area (Å²) in [6, 6.07) is 4.31. The maximum absolute atomic E-state index is 12.9. The van der Waals surface area contributed by atoms with Crippen molar-refractivity contribution in [3.8, 4) is 0 Å². The molecule has 1 aromatic heterocycles. The van der Waals surface area contributed by atoms with Crippen LogP contribution in [0.15, 0.2) is 18.3 Å². The molecule has 29 heavy (non-hydrogen) atoms. The van der Waals surface area contributed by atoms with E-state index in [1.807, 2.05) is 24.0 Å². The van der Waals surface area contributed by atoms with Gasteiger partial charge in [-0.15, -0.1) is 0 Å². The molecule has 0 N–H and O–H groups in total. The summed E-state index contributed by atoms with van der Waals surface area (Å²) in [5, 5.41) is 0. The van der Waals surface area contributed by atoms with Crippen LogP contribution in [0.25, 0.3) is 0 Å². The summed E-state index contributed by atoms with van der Waals surface area (Å²) in [6.45, 7) is 5.97. The van der Waals surface area contributed by atoms with E-state index in [9.17, 15) is 4.79 Å². The molecule has 2 saturated heterocycles. The number of hydrogen-bond acceptors (Lipinski definition) is 5. The van der Waals surface area contributed by atoms with Crippen molar-refractivity contribution in [3.05, 3.63) is 29.6 Å². The lowest BCUT2D eigenvalue weighted by Gasteiger charge is -2.63. The third kappa shape index (κ3) is 4.07. The van der Waals surface area contributed by atoms with Gasteiger partial charge in [-0.25, -0.2) is 0 Å². The Morgan fingerprint density at radius 2 is 1.97 bits per heavy atom. The number of carbonyl (C=O) groups is 1. The molecule has 0 radical (unpaired) electrons. The van der Waals surface area contributed by atoms with E-state index >= 15 is 0 Å². The number of ether oxygens (including phenoxy) is 2. The number of methoxy groups -OCH3 is 1. The van der Waals surface area contributed by atoms with Gasteiger partial charge < -0.3 is 14.4 Å². The van der Waals surface area contributed by atoms with Gasteiger partial charge in [0.05, 0.1) is 24.9 Å². The zero-order valence-electron chi connectivity index (χ0n) is 17.9. The van der Waals surface area contributed by atoms with Crippen LogP contribution in [-0.2, 0) is 9.47 Å².